The highest BCUT2D eigenvalue weighted by atomic mass is 32.7. The summed E-state index contributed by atoms with van der Waals surface area (Å²) in [6.07, 6.45) is -9.19. The Morgan fingerprint density at radius 3 is 2.73 bits per heavy atom. The van der Waals surface area contributed by atoms with Crippen molar-refractivity contribution in [1.82, 2.24) is 39.5 Å². The number of alkyl halides is 3. The number of nitrogens with two attached hydrogens (primary N) is 2. The smallest absolute Gasteiger partial charge is 0.320 e. The number of nitrogens with one attached hydrogen (secondary N) is 1. The van der Waals surface area contributed by atoms with E-state index in [1.54, 1.807) is 0 Å². The number of thiol groups is 1. The number of fused-ring (bicyclic) bond motifs is 2. The van der Waals surface area contributed by atoms with Crippen LogP contribution in [0.3, 0.4) is 0 Å². The van der Waals surface area contributed by atoms with E-state index in [-0.39, 0.29) is 34.0 Å². The highest BCUT2D eigenvalue weighted by molar-refractivity contribution is 8.46. The molecule has 0 amide bonds. The van der Waals surface area contributed by atoms with Gasteiger partial charge >= 0.3 is 5.92 Å². The van der Waals surface area contributed by atoms with Gasteiger partial charge in [0.05, 0.1) is 18.6 Å². The fourth-order valence-corrected chi connectivity index (χ4v) is 8.60. The Balaban J connectivity index is 1.31. The second kappa shape index (κ2) is 11.8. The number of anilines is 2. The molecule has 9 atom stereocenters. The first-order chi connectivity index (χ1) is 21.2. The van der Waals surface area contributed by atoms with Crippen LogP contribution in [0.4, 0.5) is 24.9 Å². The van der Waals surface area contributed by atoms with Gasteiger partial charge in [-0.15, -0.1) is 5.10 Å². The molecule has 6 heterocycles. The Kier molecular flexibility index (Phi) is 8.46. The molecule has 0 spiro atoms. The number of nitrogen functional groups attached to an aromatic ring is 2. The Bertz CT molecular complexity index is 1900. The van der Waals surface area contributed by atoms with Crippen molar-refractivity contribution in [2.24, 2.45) is 0 Å². The number of hydrogen-bond donors (Lipinski definition) is 6. The highest BCUT2D eigenvalue weighted by Gasteiger charge is 2.62. The molecule has 0 saturated carbocycles. The van der Waals surface area contributed by atoms with Crippen LogP contribution in [0.25, 0.3) is 22.2 Å². The second-order valence-electron chi connectivity index (χ2n) is 9.92. The van der Waals surface area contributed by atoms with E-state index < -0.39 is 81.0 Å². The first-order valence-corrected chi connectivity index (χ1v) is 18.1. The van der Waals surface area contributed by atoms with E-state index >= 15 is 13.2 Å². The number of aromatic amines is 1. The van der Waals surface area contributed by atoms with Crippen LogP contribution in [0, 0.1) is 0 Å². The molecule has 2 unspecified atom stereocenters. The van der Waals surface area contributed by atoms with Gasteiger partial charge in [0.25, 0.3) is 12.1 Å². The minimum absolute atomic E-state index is 0.00494. The molecule has 4 aromatic rings. The number of aliphatic hydroxyl groups excluding tert-OH is 1. The molecule has 0 bridgehead atoms. The maximum absolute atomic E-state index is 15.8. The van der Waals surface area contributed by atoms with Crippen molar-refractivity contribution >= 4 is 71.7 Å². The highest BCUT2D eigenvalue weighted by Crippen LogP contribution is 2.64. The average Bonchev–Trinajstić information content (AvgIpc) is 3.71. The summed E-state index contributed by atoms with van der Waals surface area (Å²) >= 11 is 8.73. The van der Waals surface area contributed by atoms with Crippen molar-refractivity contribution in [2.75, 3.05) is 24.7 Å². The van der Waals surface area contributed by atoms with Gasteiger partial charge < -0.3 is 44.6 Å². The summed E-state index contributed by atoms with van der Waals surface area (Å²) in [4.78, 5) is 35.9. The molecule has 4 aromatic heterocycles. The van der Waals surface area contributed by atoms with E-state index in [9.17, 15) is 19.4 Å². The summed E-state index contributed by atoms with van der Waals surface area (Å²) in [5.74, 6) is -4.20. The van der Waals surface area contributed by atoms with Gasteiger partial charge in [-0.1, -0.05) is 17.5 Å². The fraction of sp³-hybridized carbons (Fsp3) is 0.500. The lowest BCUT2D eigenvalue weighted by Crippen LogP contribution is -2.40. The van der Waals surface area contributed by atoms with Gasteiger partial charge in [-0.2, -0.15) is 18.4 Å². The maximum Gasteiger partial charge on any atom is 0.320 e. The standard InChI is InChI=1S/C20H23F3N10O8P2S2/c21-9-7(3-34)39-17(33-15-10(30-31-33)16(35)29-19(25)28-15)11(9)43(37,45)38-4-8-12(41-42(36)44)20(22,23)18(40-8)32-2-1-6-13(24)26-5-27-14(6)32/h1-2,5,7-9,11-12,17-18,34,42H,3-4H2,(H,36,44)(H,37,45)(H2,24,26,27)(H3,25,28,29,35)/t7-,8-,9+,11-,12-,17-,18-,43?/m1/s1. The molecule has 0 aliphatic carbocycles. The van der Waals surface area contributed by atoms with E-state index in [0.717, 1.165) is 15.6 Å². The van der Waals surface area contributed by atoms with E-state index in [4.69, 9.17) is 30.0 Å². The molecule has 2 saturated heterocycles. The molecule has 2 aliphatic heterocycles. The van der Waals surface area contributed by atoms with E-state index in [2.05, 4.69) is 54.3 Å². The Hall–Kier alpha value is -2.72. The third-order valence-electron chi connectivity index (χ3n) is 7.23. The van der Waals surface area contributed by atoms with Crippen molar-refractivity contribution in [2.45, 2.75) is 48.5 Å². The average molecular weight is 715 g/mol. The zero-order valence-corrected chi connectivity index (χ0v) is 25.9. The lowest BCUT2D eigenvalue weighted by Gasteiger charge is -2.27. The quantitative estimate of drug-likeness (QED) is 0.101. The molecule has 45 heavy (non-hydrogen) atoms. The molecule has 25 heteroatoms. The van der Waals surface area contributed by atoms with Gasteiger partial charge in [-0.05, 0) is 17.9 Å². The largest absolute Gasteiger partial charge is 0.394 e. The van der Waals surface area contributed by atoms with Crippen molar-refractivity contribution in [3.05, 3.63) is 28.9 Å². The Morgan fingerprint density at radius 2 is 2.02 bits per heavy atom. The summed E-state index contributed by atoms with van der Waals surface area (Å²) in [5, 5.41) is 17.4. The summed E-state index contributed by atoms with van der Waals surface area (Å²) in [5.41, 5.74) is 8.22. The van der Waals surface area contributed by atoms with Gasteiger partial charge in [0, 0.05) is 6.20 Å². The number of nitrogens with zero attached hydrogens (tertiary/aromatic N) is 7. The van der Waals surface area contributed by atoms with Crippen LogP contribution in [0.1, 0.15) is 12.5 Å². The topological polar surface area (TPSA) is 254 Å². The van der Waals surface area contributed by atoms with Crippen LogP contribution in [0.2, 0.25) is 0 Å². The van der Waals surface area contributed by atoms with Gasteiger partial charge in [-0.3, -0.25) is 14.3 Å². The normalized spacial score (nSPS) is 30.2. The number of H-pyrrole nitrogens is 1. The molecule has 6 rings (SSSR count). The number of aliphatic hydroxyl groups is 1. The first-order valence-electron chi connectivity index (χ1n) is 12.7. The zero-order valence-electron chi connectivity index (χ0n) is 22.3. The zero-order chi connectivity index (χ0) is 32.4. The number of hydrogen-bond acceptors (Lipinski definition) is 15. The number of rotatable bonds is 9. The second-order valence-corrected chi connectivity index (χ2v) is 15.4. The Morgan fingerprint density at radius 1 is 1.27 bits per heavy atom. The maximum atomic E-state index is 15.8. The molecule has 244 valence electrons. The first kappa shape index (κ1) is 32.2. The molecule has 2 fully saturated rings. The summed E-state index contributed by atoms with van der Waals surface area (Å²) < 4.78 is 84.6. The summed E-state index contributed by atoms with van der Waals surface area (Å²) in [6, 6.07) is 1.39. The van der Waals surface area contributed by atoms with Crippen LogP contribution in [0.5, 0.6) is 0 Å². The predicted octanol–water partition coefficient (Wildman–Crippen LogP) is 0.276. The lowest BCUT2D eigenvalue weighted by atomic mass is 10.1. The molecule has 0 radical (unpaired) electrons. The molecule has 7 N–H and O–H groups in total. The minimum atomic E-state index is -4.58. The van der Waals surface area contributed by atoms with Gasteiger partial charge in [0.1, 0.15) is 41.8 Å². The van der Waals surface area contributed by atoms with E-state index in [0.29, 0.717) is 0 Å². The molecule has 0 aromatic carbocycles. The summed E-state index contributed by atoms with van der Waals surface area (Å²) in [7, 11) is -3.16. The van der Waals surface area contributed by atoms with Crippen LogP contribution in [-0.2, 0) is 34.9 Å². The van der Waals surface area contributed by atoms with Crippen molar-refractivity contribution in [3.63, 3.8) is 0 Å². The SMILES string of the molecule is Nc1nc2c(nnn2[C@@H]2O[C@H](CO)[C@H](F)[C@H]2P(=O)(S)OC[C@H]2O[C@@H](n3ccc4c(N)ncnc43)C(F)(F)[C@@H]2O[PH](O)=S)c(=O)[nH]1. The van der Waals surface area contributed by atoms with E-state index in [1.165, 1.54) is 12.3 Å². The fourth-order valence-electron chi connectivity index (χ4n) is 5.23. The van der Waals surface area contributed by atoms with Gasteiger partial charge in [0.15, 0.2) is 30.6 Å². The van der Waals surface area contributed by atoms with Crippen molar-refractivity contribution in [1.29, 1.82) is 0 Å². The van der Waals surface area contributed by atoms with Gasteiger partial charge in [0.2, 0.25) is 12.2 Å². The molecular formula is C20H23F3N10O8P2S2. The predicted molar refractivity (Wildman–Crippen MR) is 156 cm³/mol. The van der Waals surface area contributed by atoms with E-state index in [1.807, 2.05) is 0 Å². The third-order valence-corrected chi connectivity index (χ3v) is 10.9. The van der Waals surface area contributed by atoms with Crippen LogP contribution in [0.15, 0.2) is 23.4 Å². The van der Waals surface area contributed by atoms with Crippen molar-refractivity contribution in [3.8, 4) is 0 Å². The van der Waals surface area contributed by atoms with Gasteiger partial charge in [-0.25, -0.2) is 14.4 Å². The molecule has 18 nitrogen and oxygen atoms in total. The lowest BCUT2D eigenvalue weighted by molar-refractivity contribution is -0.132. The monoisotopic (exact) mass is 714 g/mol. The molecular weight excluding hydrogens is 691 g/mol. The molecule has 2 aliphatic rings. The minimum Gasteiger partial charge on any atom is -0.394 e. The number of ether oxygens (including phenoxy) is 2. The Labute approximate surface area is 259 Å². The van der Waals surface area contributed by atoms with Crippen LogP contribution >= 0.6 is 26.0 Å². The number of halogens is 3. The third kappa shape index (κ3) is 5.53. The van der Waals surface area contributed by atoms with Crippen molar-refractivity contribution < 1.29 is 46.3 Å². The number of aromatic nitrogens is 8. The van der Waals surface area contributed by atoms with Crippen LogP contribution < -0.4 is 17.0 Å². The van der Waals surface area contributed by atoms with Crippen LogP contribution in [-0.4, -0.2) is 98.8 Å². The summed E-state index contributed by atoms with van der Waals surface area (Å²) in [6.45, 7) is -6.39.